The largest absolute Gasteiger partial charge is 0.343 e. The zero-order chi connectivity index (χ0) is 57.8. The molecule has 2 nitrogen and oxygen atoms in total. The topological polar surface area (TPSA) is 9.86 Å². The van der Waals surface area contributed by atoms with Crippen LogP contribution in [-0.2, 0) is 7.05 Å². The van der Waals surface area contributed by atoms with Crippen LogP contribution in [0.4, 0.5) is 0 Å². The summed E-state index contributed by atoms with van der Waals surface area (Å²) in [6.45, 7) is 0. The molecule has 0 amide bonds. The molecule has 0 aliphatic rings. The highest BCUT2D eigenvalue weighted by atomic mass is 15.0. The Kier molecular flexibility index (Phi) is 12.8. The molecule has 2 aromatic heterocycles. The zero-order valence-electron chi connectivity index (χ0n) is 48.1. The Bertz CT molecular complexity index is 5130. The molecule has 0 bridgehead atoms. The van der Waals surface area contributed by atoms with E-state index in [0.717, 1.165) is 5.69 Å². The molecule has 14 aromatic carbocycles. The molecule has 0 spiro atoms. The minimum atomic E-state index is 1.13. The lowest BCUT2D eigenvalue weighted by molar-refractivity contribution is 1.02. The van der Waals surface area contributed by atoms with Crippen molar-refractivity contribution in [3.63, 3.8) is 0 Å². The quantitative estimate of drug-likeness (QED) is 0.122. The Balaban J connectivity index is 0.949. The third kappa shape index (κ3) is 8.97. The summed E-state index contributed by atoms with van der Waals surface area (Å²) in [4.78, 5) is 0. The molecule has 2 heteroatoms. The third-order valence-electron chi connectivity index (χ3n) is 17.7. The maximum absolute atomic E-state index is 2.51. The van der Waals surface area contributed by atoms with Gasteiger partial charge in [0.2, 0.25) is 0 Å². The summed E-state index contributed by atoms with van der Waals surface area (Å²) in [7, 11) is 2.30. The molecule has 0 aliphatic carbocycles. The van der Waals surface area contributed by atoms with Crippen LogP contribution < -0.4 is 0 Å². The fraction of sp³-hybridized carbons (Fsp3) is 0.0118. The van der Waals surface area contributed by atoms with Crippen LogP contribution in [0.5, 0.6) is 0 Å². The number of aromatic nitrogens is 2. The van der Waals surface area contributed by atoms with Gasteiger partial charge in [-0.05, 0) is 161 Å². The zero-order valence-corrected chi connectivity index (χ0v) is 48.1. The minimum Gasteiger partial charge on any atom is -0.343 e. The number of fused-ring (bicyclic) bond motifs is 7. The van der Waals surface area contributed by atoms with Crippen molar-refractivity contribution >= 4 is 43.6 Å². The summed E-state index contributed by atoms with van der Waals surface area (Å²) >= 11 is 0. The second-order valence-corrected chi connectivity index (χ2v) is 22.7. The average Bonchev–Trinajstić information content (AvgIpc) is 1.56. The van der Waals surface area contributed by atoms with Crippen molar-refractivity contribution in [3.8, 4) is 117 Å². The van der Waals surface area contributed by atoms with E-state index in [1.165, 1.54) is 155 Å². The Morgan fingerprint density at radius 1 is 0.195 bits per heavy atom. The van der Waals surface area contributed by atoms with Gasteiger partial charge in [-0.15, -0.1) is 0 Å². The number of aryl methyl sites for hydroxylation is 1. The molecule has 0 N–H and O–H groups in total. The molecule has 408 valence electrons. The van der Waals surface area contributed by atoms with Gasteiger partial charge in [0.15, 0.2) is 0 Å². The molecule has 0 saturated carbocycles. The fourth-order valence-electron chi connectivity index (χ4n) is 13.8. The van der Waals surface area contributed by atoms with E-state index in [9.17, 15) is 0 Å². The van der Waals surface area contributed by atoms with E-state index in [1.54, 1.807) is 0 Å². The van der Waals surface area contributed by atoms with Crippen LogP contribution in [0.15, 0.2) is 334 Å². The van der Waals surface area contributed by atoms with Gasteiger partial charge in [0.1, 0.15) is 0 Å². The summed E-state index contributed by atoms with van der Waals surface area (Å²) in [6.07, 6.45) is 0. The maximum atomic E-state index is 2.51. The highest BCUT2D eigenvalue weighted by molar-refractivity contribution is 6.30. The normalized spacial score (nSPS) is 11.5. The van der Waals surface area contributed by atoms with Crippen molar-refractivity contribution in [2.75, 3.05) is 0 Å². The van der Waals surface area contributed by atoms with Gasteiger partial charge in [0, 0.05) is 45.4 Å². The number of para-hydroxylation sites is 3. The van der Waals surface area contributed by atoms with Crippen LogP contribution in [0.1, 0.15) is 0 Å². The molecule has 0 radical (unpaired) electrons. The second kappa shape index (κ2) is 21.7. The molecule has 0 saturated heterocycles. The molecular formula is C85H58N2. The first-order valence-electron chi connectivity index (χ1n) is 30.0. The summed E-state index contributed by atoms with van der Waals surface area (Å²) in [6, 6.07) is 123. The number of nitrogens with zero attached hydrogens (tertiary/aromatic N) is 2. The molecule has 0 unspecified atom stereocenters. The van der Waals surface area contributed by atoms with Crippen LogP contribution in [0.3, 0.4) is 0 Å². The first-order chi connectivity index (χ1) is 43.1. The van der Waals surface area contributed by atoms with Gasteiger partial charge in [-0.3, -0.25) is 0 Å². The predicted molar refractivity (Wildman–Crippen MR) is 369 cm³/mol. The first kappa shape index (κ1) is 51.3. The van der Waals surface area contributed by atoms with E-state index >= 15 is 0 Å². The number of benzene rings is 14. The number of hydrogen-bond donors (Lipinski definition) is 0. The van der Waals surface area contributed by atoms with Crippen molar-refractivity contribution in [2.45, 2.75) is 0 Å². The lowest BCUT2D eigenvalue weighted by Crippen LogP contribution is -1.97. The average molecular weight is 1110 g/mol. The van der Waals surface area contributed by atoms with Crippen LogP contribution in [-0.4, -0.2) is 9.13 Å². The van der Waals surface area contributed by atoms with E-state index in [1.807, 2.05) is 0 Å². The monoisotopic (exact) mass is 1110 g/mol. The lowest BCUT2D eigenvalue weighted by atomic mass is 9.86. The first-order valence-corrected chi connectivity index (χ1v) is 30.0. The van der Waals surface area contributed by atoms with Crippen molar-refractivity contribution in [3.05, 3.63) is 334 Å². The minimum absolute atomic E-state index is 1.13. The van der Waals surface area contributed by atoms with Crippen molar-refractivity contribution in [1.82, 2.24) is 9.13 Å². The van der Waals surface area contributed by atoms with Crippen LogP contribution >= 0.6 is 0 Å². The summed E-state index contributed by atoms with van der Waals surface area (Å²) in [5, 5.41) is 4.84. The van der Waals surface area contributed by atoms with Gasteiger partial charge in [-0.25, -0.2) is 0 Å². The number of rotatable bonds is 11. The molecule has 0 fully saturated rings. The van der Waals surface area contributed by atoms with Gasteiger partial charge < -0.3 is 9.13 Å². The molecule has 16 rings (SSSR count). The van der Waals surface area contributed by atoms with E-state index < -0.39 is 0 Å². The Hall–Kier alpha value is -11.3. The molecule has 0 aliphatic heterocycles. The molecular weight excluding hydrogens is 1050 g/mol. The van der Waals surface area contributed by atoms with E-state index in [-0.39, 0.29) is 0 Å². The molecule has 2 heterocycles. The summed E-state index contributed by atoms with van der Waals surface area (Å²) in [5.74, 6) is 0. The van der Waals surface area contributed by atoms with Crippen molar-refractivity contribution in [2.24, 2.45) is 7.05 Å². The smallest absolute Gasteiger partial charge is 0.0641 e. The molecule has 87 heavy (non-hydrogen) atoms. The highest BCUT2D eigenvalue weighted by Gasteiger charge is 2.27. The second-order valence-electron chi connectivity index (χ2n) is 22.7. The van der Waals surface area contributed by atoms with Gasteiger partial charge in [0.25, 0.3) is 0 Å². The maximum Gasteiger partial charge on any atom is 0.0641 e. The summed E-state index contributed by atoms with van der Waals surface area (Å²) in [5.41, 5.74) is 29.4. The Morgan fingerprint density at radius 3 is 0.966 bits per heavy atom. The van der Waals surface area contributed by atoms with Gasteiger partial charge in [-0.2, -0.15) is 0 Å². The van der Waals surface area contributed by atoms with Gasteiger partial charge in [-0.1, -0.05) is 273 Å². The van der Waals surface area contributed by atoms with Crippen LogP contribution in [0.25, 0.3) is 161 Å². The number of hydrogen-bond acceptors (Lipinski definition) is 0. The van der Waals surface area contributed by atoms with E-state index in [2.05, 4.69) is 350 Å². The lowest BCUT2D eigenvalue weighted by Gasteiger charge is -2.18. The SMILES string of the molecule is Cn1c2c(-c3ccccc3-c3ccccc3-c3cc(-c4ccccc4)cc(-c4ccccc4)c3)cccc2c2c1c(-c1ccccc1-c1ccccc1-c1cc(-c3ccccc3)cc(-c3ccccc3)c1)cc1c3ccccc3n(-c3ccccc3)c12. The van der Waals surface area contributed by atoms with E-state index in [0.29, 0.717) is 0 Å². The fourth-order valence-corrected chi connectivity index (χ4v) is 13.8. The van der Waals surface area contributed by atoms with Crippen LogP contribution in [0.2, 0.25) is 0 Å². The Labute approximate surface area is 507 Å². The predicted octanol–water partition coefficient (Wildman–Crippen LogP) is 23.1. The van der Waals surface area contributed by atoms with Crippen molar-refractivity contribution < 1.29 is 0 Å². The van der Waals surface area contributed by atoms with Crippen LogP contribution in [0, 0.1) is 0 Å². The highest BCUT2D eigenvalue weighted by Crippen LogP contribution is 2.51. The third-order valence-corrected chi connectivity index (χ3v) is 17.7. The summed E-state index contributed by atoms with van der Waals surface area (Å²) < 4.78 is 5.02. The molecule has 16 aromatic rings. The van der Waals surface area contributed by atoms with Gasteiger partial charge in [0.05, 0.1) is 22.1 Å². The standard InChI is InChI=1S/C85H58N2/c1-86-83-77(74-44-23-21-42-72(74)70-40-19-17-38-68(70)65-52-61(57-28-7-2-8-29-57)50-62(53-65)58-30-9-3-10-31-58)47-27-48-78(83)82-84(86)79(56-80-76-46-25-26-49-81(76)87(85(80)82)67-36-15-6-16-37-67)75-45-24-22-43-73(75)71-41-20-18-39-69(71)66-54-63(59-32-11-4-12-33-59)51-64(55-66)60-34-13-5-14-35-60/h2-56H,1H3. The van der Waals surface area contributed by atoms with Gasteiger partial charge >= 0.3 is 0 Å². The van der Waals surface area contributed by atoms with E-state index in [4.69, 9.17) is 0 Å². The molecule has 0 atom stereocenters. The van der Waals surface area contributed by atoms with Crippen molar-refractivity contribution in [1.29, 1.82) is 0 Å². The Morgan fingerprint density at radius 2 is 0.517 bits per heavy atom.